The number of aromatic nitrogens is 2. The number of carbonyl (C=O) groups is 3. The number of aliphatic carboxylic acids is 2. The van der Waals surface area contributed by atoms with E-state index in [0.717, 1.165) is 5.69 Å². The zero-order valence-corrected chi connectivity index (χ0v) is 14.8. The van der Waals surface area contributed by atoms with E-state index in [0.29, 0.717) is 30.9 Å². The van der Waals surface area contributed by atoms with Crippen LogP contribution in [-0.2, 0) is 27.5 Å². The summed E-state index contributed by atoms with van der Waals surface area (Å²) < 4.78 is 1.84. The third-order valence-electron chi connectivity index (χ3n) is 4.35. The van der Waals surface area contributed by atoms with Gasteiger partial charge in [0.25, 0.3) is 5.91 Å². The van der Waals surface area contributed by atoms with Crippen molar-refractivity contribution in [2.45, 2.75) is 24.9 Å². The van der Waals surface area contributed by atoms with Crippen molar-refractivity contribution in [1.29, 1.82) is 0 Å². The van der Waals surface area contributed by atoms with E-state index in [1.807, 2.05) is 15.6 Å². The predicted molar refractivity (Wildman–Crippen MR) is 94.6 cm³/mol. The summed E-state index contributed by atoms with van der Waals surface area (Å²) in [6.45, 7) is 1.77. The molecular weight excluding hydrogens is 372 g/mol. The minimum absolute atomic E-state index is 0.00635. The number of hydrogen-bond donors (Lipinski definition) is 2. The molecule has 27 heavy (non-hydrogen) atoms. The lowest BCUT2D eigenvalue weighted by Gasteiger charge is -2.36. The molecule has 1 amide bonds. The van der Waals surface area contributed by atoms with Gasteiger partial charge < -0.3 is 15.1 Å². The molecule has 4 rings (SSSR count). The molecule has 0 bridgehead atoms. The van der Waals surface area contributed by atoms with E-state index in [1.54, 1.807) is 6.08 Å². The summed E-state index contributed by atoms with van der Waals surface area (Å²) in [5.74, 6) is 0.233. The van der Waals surface area contributed by atoms with Crippen molar-refractivity contribution >= 4 is 35.7 Å². The highest BCUT2D eigenvalue weighted by Gasteiger charge is 2.49. The molecule has 0 radical (unpaired) electrons. The number of β-lactam (4-membered cyclic amide) rings is 1. The van der Waals surface area contributed by atoms with Crippen molar-refractivity contribution in [3.05, 3.63) is 34.1 Å². The van der Waals surface area contributed by atoms with Gasteiger partial charge in [-0.1, -0.05) is 5.92 Å². The monoisotopic (exact) mass is 386 g/mol. The molecule has 1 fully saturated rings. The summed E-state index contributed by atoms with van der Waals surface area (Å²) in [5, 5.41) is 23.4. The van der Waals surface area contributed by atoms with Crippen molar-refractivity contribution in [2.75, 3.05) is 6.54 Å². The minimum atomic E-state index is -1.11. The highest BCUT2D eigenvalue weighted by Crippen LogP contribution is 2.45. The Morgan fingerprint density at radius 2 is 2.19 bits per heavy atom. The van der Waals surface area contributed by atoms with Crippen molar-refractivity contribution in [3.8, 4) is 12.0 Å². The van der Waals surface area contributed by atoms with Crippen molar-refractivity contribution in [1.82, 2.24) is 19.6 Å². The molecule has 3 aliphatic rings. The number of hydrogen-bond acceptors (Lipinski definition) is 6. The van der Waals surface area contributed by atoms with Crippen molar-refractivity contribution in [3.63, 3.8) is 0 Å². The summed E-state index contributed by atoms with van der Waals surface area (Å²) >= 11 is 1.29. The standard InChI is InChI=1S/C17H14N4O5S/c22-14(23)2-1-3-19-4-5-20-11(8-19)6-10(18-20)7-12-15(24)21-13(17(25)26)9-27-16(12)21/h6-7,9,16H,2,4-5,8H2,(H,22,23)(H,25,26)/b12-7-/t16-/m1/s1. The van der Waals surface area contributed by atoms with Gasteiger partial charge in [0.05, 0.1) is 30.1 Å². The number of amides is 1. The van der Waals surface area contributed by atoms with Gasteiger partial charge in [0, 0.05) is 18.0 Å². The van der Waals surface area contributed by atoms with Crippen LogP contribution >= 0.6 is 11.8 Å². The maximum Gasteiger partial charge on any atom is 0.353 e. The van der Waals surface area contributed by atoms with Gasteiger partial charge in [-0.3, -0.25) is 19.2 Å². The Balaban J connectivity index is 1.47. The van der Waals surface area contributed by atoms with Gasteiger partial charge in [-0.05, 0) is 12.1 Å². The van der Waals surface area contributed by atoms with Gasteiger partial charge in [-0.15, -0.1) is 11.8 Å². The molecule has 0 unspecified atom stereocenters. The lowest BCUT2D eigenvalue weighted by Crippen LogP contribution is -2.51. The Hall–Kier alpha value is -3.19. The Morgan fingerprint density at radius 3 is 2.93 bits per heavy atom. The summed E-state index contributed by atoms with van der Waals surface area (Å²) in [7, 11) is 0. The fourth-order valence-electron chi connectivity index (χ4n) is 3.11. The van der Waals surface area contributed by atoms with E-state index < -0.39 is 11.9 Å². The number of carboxylic acids is 2. The molecule has 9 nitrogen and oxygen atoms in total. The maximum absolute atomic E-state index is 12.3. The van der Waals surface area contributed by atoms with Crippen LogP contribution < -0.4 is 0 Å². The van der Waals surface area contributed by atoms with Crippen LogP contribution in [-0.4, -0.2) is 59.6 Å². The minimum Gasteiger partial charge on any atom is -0.481 e. The first-order valence-corrected chi connectivity index (χ1v) is 9.04. The van der Waals surface area contributed by atoms with E-state index in [4.69, 9.17) is 10.2 Å². The van der Waals surface area contributed by atoms with Crippen LogP contribution in [0.4, 0.5) is 0 Å². The number of thioether (sulfide) groups is 1. The summed E-state index contributed by atoms with van der Waals surface area (Å²) in [6.07, 6.45) is 1.50. The molecule has 1 aromatic heterocycles. The molecule has 4 heterocycles. The van der Waals surface area contributed by atoms with Crippen LogP contribution in [0.15, 0.2) is 22.7 Å². The van der Waals surface area contributed by atoms with Crippen LogP contribution in [0.2, 0.25) is 0 Å². The Bertz CT molecular complexity index is 983. The van der Waals surface area contributed by atoms with E-state index in [-0.39, 0.29) is 23.4 Å². The van der Waals surface area contributed by atoms with E-state index in [2.05, 4.69) is 17.1 Å². The van der Waals surface area contributed by atoms with Crippen LogP contribution in [0.5, 0.6) is 0 Å². The molecule has 0 saturated carbocycles. The molecule has 3 aliphatic heterocycles. The lowest BCUT2D eigenvalue weighted by molar-refractivity contribution is -0.141. The number of carboxylic acid groups (broad SMARTS) is 2. The lowest BCUT2D eigenvalue weighted by atomic mass is 10.0. The van der Waals surface area contributed by atoms with Gasteiger partial charge in [-0.25, -0.2) is 4.79 Å². The second-order valence-corrected chi connectivity index (χ2v) is 7.09. The molecule has 0 spiro atoms. The highest BCUT2D eigenvalue weighted by molar-refractivity contribution is 8.03. The van der Waals surface area contributed by atoms with Crippen molar-refractivity contribution < 1.29 is 24.6 Å². The van der Waals surface area contributed by atoms with E-state index in [9.17, 15) is 14.4 Å². The molecule has 1 aromatic rings. The normalized spacial score (nSPS) is 21.8. The predicted octanol–water partition coefficient (Wildman–Crippen LogP) is 0.359. The fourth-order valence-corrected chi connectivity index (χ4v) is 4.23. The molecule has 138 valence electrons. The van der Waals surface area contributed by atoms with Gasteiger partial charge in [0.1, 0.15) is 17.5 Å². The van der Waals surface area contributed by atoms with Crippen LogP contribution in [0.25, 0.3) is 6.08 Å². The molecule has 0 aromatic carbocycles. The zero-order chi connectivity index (χ0) is 19.1. The Morgan fingerprint density at radius 1 is 1.37 bits per heavy atom. The molecular formula is C17H14N4O5S. The number of fused-ring (bicyclic) bond motifs is 2. The van der Waals surface area contributed by atoms with E-state index >= 15 is 0 Å². The first kappa shape index (κ1) is 17.2. The van der Waals surface area contributed by atoms with Crippen LogP contribution in [0.3, 0.4) is 0 Å². The van der Waals surface area contributed by atoms with Gasteiger partial charge >= 0.3 is 11.9 Å². The molecule has 0 aliphatic carbocycles. The van der Waals surface area contributed by atoms with Crippen molar-refractivity contribution in [2.24, 2.45) is 0 Å². The Labute approximate surface area is 157 Å². The van der Waals surface area contributed by atoms with Gasteiger partial charge in [-0.2, -0.15) is 5.10 Å². The Kier molecular flexibility index (Phi) is 4.16. The molecule has 1 atom stereocenters. The first-order valence-electron chi connectivity index (χ1n) is 8.10. The highest BCUT2D eigenvalue weighted by atomic mass is 32.2. The third kappa shape index (κ3) is 3.06. The topological polar surface area (TPSA) is 116 Å². The maximum atomic E-state index is 12.3. The SMILES string of the molecule is O=C(O)CC#CN1CCn2nc(/C=C3/C(=O)N4C(C(=O)O)=CS[C@H]34)cc2C1. The molecule has 1 saturated heterocycles. The summed E-state index contributed by atoms with van der Waals surface area (Å²) in [6, 6.07) is 4.70. The summed E-state index contributed by atoms with van der Waals surface area (Å²) in [5.41, 5.74) is 2.09. The average Bonchev–Trinajstić information content (AvgIpc) is 3.20. The largest absolute Gasteiger partial charge is 0.481 e. The summed E-state index contributed by atoms with van der Waals surface area (Å²) in [4.78, 5) is 37.0. The molecule has 2 N–H and O–H groups in total. The number of rotatable bonds is 3. The first-order chi connectivity index (χ1) is 12.9. The number of carbonyl (C=O) groups excluding carboxylic acids is 1. The number of nitrogens with zero attached hydrogens (tertiary/aromatic N) is 4. The second-order valence-electron chi connectivity index (χ2n) is 6.14. The average molecular weight is 386 g/mol. The van der Waals surface area contributed by atoms with E-state index in [1.165, 1.54) is 22.1 Å². The zero-order valence-electron chi connectivity index (χ0n) is 14.0. The van der Waals surface area contributed by atoms with Gasteiger partial charge in [0.15, 0.2) is 0 Å². The second kappa shape index (κ2) is 6.51. The smallest absolute Gasteiger partial charge is 0.353 e. The fraction of sp³-hybridized carbons (Fsp3) is 0.294. The quantitative estimate of drug-likeness (QED) is 0.435. The molecule has 10 heteroatoms. The van der Waals surface area contributed by atoms with Crippen LogP contribution in [0.1, 0.15) is 17.8 Å². The van der Waals surface area contributed by atoms with Gasteiger partial charge in [0.2, 0.25) is 0 Å². The third-order valence-corrected chi connectivity index (χ3v) is 5.43. The van der Waals surface area contributed by atoms with Crippen LogP contribution in [0, 0.1) is 12.0 Å².